The highest BCUT2D eigenvalue weighted by atomic mass is 16.7. The molecular weight excluding hydrogens is 224 g/mol. The summed E-state index contributed by atoms with van der Waals surface area (Å²) in [6.07, 6.45) is 7.89. The molecule has 18 heavy (non-hydrogen) atoms. The summed E-state index contributed by atoms with van der Waals surface area (Å²) in [7, 11) is 0. The summed E-state index contributed by atoms with van der Waals surface area (Å²) in [6, 6.07) is 0. The van der Waals surface area contributed by atoms with E-state index in [1.807, 2.05) is 0 Å². The van der Waals surface area contributed by atoms with Crippen LogP contribution in [0.2, 0.25) is 0 Å². The van der Waals surface area contributed by atoms with Gasteiger partial charge in [0.05, 0.1) is 13.2 Å². The van der Waals surface area contributed by atoms with Crippen molar-refractivity contribution < 1.29 is 9.47 Å². The van der Waals surface area contributed by atoms with E-state index in [9.17, 15) is 0 Å². The Morgan fingerprint density at radius 1 is 1.11 bits per heavy atom. The van der Waals surface area contributed by atoms with Gasteiger partial charge in [-0.1, -0.05) is 37.1 Å². The van der Waals surface area contributed by atoms with Crippen LogP contribution in [0, 0.1) is 5.41 Å². The maximum Gasteiger partial charge on any atom is 0.163 e. The molecule has 0 bridgehead atoms. The molecule has 104 valence electrons. The monoisotopic (exact) mass is 252 g/mol. The minimum absolute atomic E-state index is 0.0423. The third-order valence-corrected chi connectivity index (χ3v) is 3.33. The quantitative estimate of drug-likeness (QED) is 0.649. The molecule has 1 heterocycles. The van der Waals surface area contributed by atoms with Crippen LogP contribution in [0.15, 0.2) is 23.3 Å². The fraction of sp³-hybridized carbons (Fsp3) is 0.750. The first-order chi connectivity index (χ1) is 8.42. The standard InChI is InChI=1S/C16H28O2/c1-13(2)7-6-8-14(3)9-10-16(4,5)15-17-11-12-18-15/h7,9,15H,6,8,10-12H2,1-5H3. The minimum atomic E-state index is -0.0423. The first kappa shape index (κ1) is 15.5. The third kappa shape index (κ3) is 5.36. The molecule has 2 nitrogen and oxygen atoms in total. The fourth-order valence-electron chi connectivity index (χ4n) is 2.03. The van der Waals surface area contributed by atoms with Gasteiger partial charge in [0, 0.05) is 5.41 Å². The average molecular weight is 252 g/mol. The summed E-state index contributed by atoms with van der Waals surface area (Å²) in [5.41, 5.74) is 2.92. The van der Waals surface area contributed by atoms with E-state index in [0.717, 1.165) is 32.5 Å². The molecule has 1 saturated heterocycles. The van der Waals surface area contributed by atoms with Crippen LogP contribution in [0.5, 0.6) is 0 Å². The predicted molar refractivity (Wildman–Crippen MR) is 76.5 cm³/mol. The van der Waals surface area contributed by atoms with Crippen LogP contribution in [0.1, 0.15) is 53.9 Å². The van der Waals surface area contributed by atoms with E-state index in [0.29, 0.717) is 0 Å². The Kier molecular flexibility index (Phi) is 6.10. The first-order valence-electron chi connectivity index (χ1n) is 6.94. The second-order valence-electron chi connectivity index (χ2n) is 6.14. The molecule has 0 spiro atoms. The highest BCUT2D eigenvalue weighted by Crippen LogP contribution is 2.31. The molecule has 0 aliphatic carbocycles. The van der Waals surface area contributed by atoms with Gasteiger partial charge in [0.25, 0.3) is 0 Å². The lowest BCUT2D eigenvalue weighted by atomic mass is 9.87. The van der Waals surface area contributed by atoms with Crippen molar-refractivity contribution >= 4 is 0 Å². The number of hydrogen-bond acceptors (Lipinski definition) is 2. The molecule has 1 aliphatic rings. The fourth-order valence-corrected chi connectivity index (χ4v) is 2.03. The van der Waals surface area contributed by atoms with Crippen LogP contribution in [0.3, 0.4) is 0 Å². The molecule has 0 amide bonds. The van der Waals surface area contributed by atoms with Crippen LogP contribution in [0.25, 0.3) is 0 Å². The van der Waals surface area contributed by atoms with Crippen molar-refractivity contribution in [3.05, 3.63) is 23.3 Å². The Balaban J connectivity index is 2.38. The summed E-state index contributed by atoms with van der Waals surface area (Å²) in [5.74, 6) is 0. The van der Waals surface area contributed by atoms with Crippen LogP contribution in [0.4, 0.5) is 0 Å². The van der Waals surface area contributed by atoms with E-state index >= 15 is 0 Å². The number of hydrogen-bond donors (Lipinski definition) is 0. The Hall–Kier alpha value is -0.600. The van der Waals surface area contributed by atoms with Gasteiger partial charge in [-0.2, -0.15) is 0 Å². The molecule has 1 aliphatic heterocycles. The molecule has 0 unspecified atom stereocenters. The molecule has 0 aromatic heterocycles. The maximum absolute atomic E-state index is 5.60. The Labute approximate surface area is 112 Å². The molecule has 0 aromatic rings. The van der Waals surface area contributed by atoms with Gasteiger partial charge in [-0.15, -0.1) is 0 Å². The lowest BCUT2D eigenvalue weighted by Crippen LogP contribution is -2.29. The maximum atomic E-state index is 5.60. The summed E-state index contributed by atoms with van der Waals surface area (Å²) in [5, 5.41) is 0. The predicted octanol–water partition coefficient (Wildman–Crippen LogP) is 4.47. The molecule has 0 radical (unpaired) electrons. The van der Waals surface area contributed by atoms with Crippen LogP contribution >= 0.6 is 0 Å². The molecular formula is C16H28O2. The minimum Gasteiger partial charge on any atom is -0.350 e. The van der Waals surface area contributed by atoms with E-state index < -0.39 is 0 Å². The van der Waals surface area contributed by atoms with E-state index in [1.54, 1.807) is 0 Å². The summed E-state index contributed by atoms with van der Waals surface area (Å²) in [4.78, 5) is 0. The molecule has 0 atom stereocenters. The number of ether oxygens (including phenoxy) is 2. The molecule has 2 heteroatoms. The lowest BCUT2D eigenvalue weighted by Gasteiger charge is -2.28. The summed E-state index contributed by atoms with van der Waals surface area (Å²) < 4.78 is 11.2. The van der Waals surface area contributed by atoms with Gasteiger partial charge in [0.1, 0.15) is 0 Å². The lowest BCUT2D eigenvalue weighted by molar-refractivity contribution is -0.118. The molecule has 0 N–H and O–H groups in total. The van der Waals surface area contributed by atoms with Gasteiger partial charge in [-0.05, 0) is 40.0 Å². The first-order valence-corrected chi connectivity index (χ1v) is 6.94. The highest BCUT2D eigenvalue weighted by molar-refractivity contribution is 5.03. The number of allylic oxidation sites excluding steroid dienone is 4. The zero-order valence-electron chi connectivity index (χ0n) is 12.6. The molecule has 0 saturated carbocycles. The second-order valence-corrected chi connectivity index (χ2v) is 6.14. The van der Waals surface area contributed by atoms with E-state index in [4.69, 9.17) is 9.47 Å². The molecule has 0 aromatic carbocycles. The number of rotatable bonds is 6. The van der Waals surface area contributed by atoms with Gasteiger partial charge in [-0.3, -0.25) is 0 Å². The van der Waals surface area contributed by atoms with Gasteiger partial charge in [0.2, 0.25) is 0 Å². The van der Waals surface area contributed by atoms with Crippen molar-refractivity contribution in [2.24, 2.45) is 5.41 Å². The second kappa shape index (κ2) is 7.10. The normalized spacial score (nSPS) is 18.2. The topological polar surface area (TPSA) is 18.5 Å². The molecule has 1 fully saturated rings. The van der Waals surface area contributed by atoms with Gasteiger partial charge < -0.3 is 9.47 Å². The Morgan fingerprint density at radius 3 is 2.28 bits per heavy atom. The van der Waals surface area contributed by atoms with E-state index in [-0.39, 0.29) is 11.7 Å². The SMILES string of the molecule is CC(C)=CCCC(C)=CCC(C)(C)C1OCCO1. The Bertz CT molecular complexity index is 303. The zero-order valence-corrected chi connectivity index (χ0v) is 12.6. The zero-order chi connectivity index (χ0) is 13.6. The van der Waals surface area contributed by atoms with E-state index in [1.165, 1.54) is 11.1 Å². The highest BCUT2D eigenvalue weighted by Gasteiger charge is 2.33. The van der Waals surface area contributed by atoms with E-state index in [2.05, 4.69) is 46.8 Å². The molecule has 1 rings (SSSR count). The summed E-state index contributed by atoms with van der Waals surface area (Å²) >= 11 is 0. The largest absolute Gasteiger partial charge is 0.350 e. The smallest absolute Gasteiger partial charge is 0.163 e. The van der Waals surface area contributed by atoms with Crippen molar-refractivity contribution in [3.8, 4) is 0 Å². The van der Waals surface area contributed by atoms with Crippen molar-refractivity contribution in [1.82, 2.24) is 0 Å². The average Bonchev–Trinajstić information content (AvgIpc) is 2.80. The van der Waals surface area contributed by atoms with Crippen LogP contribution in [-0.2, 0) is 9.47 Å². The summed E-state index contributed by atoms with van der Waals surface area (Å²) in [6.45, 7) is 12.4. The van der Waals surface area contributed by atoms with Gasteiger partial charge in [0.15, 0.2) is 6.29 Å². The van der Waals surface area contributed by atoms with Gasteiger partial charge in [-0.25, -0.2) is 0 Å². The van der Waals surface area contributed by atoms with Crippen LogP contribution in [-0.4, -0.2) is 19.5 Å². The third-order valence-electron chi connectivity index (χ3n) is 3.33. The van der Waals surface area contributed by atoms with Crippen molar-refractivity contribution in [2.75, 3.05) is 13.2 Å². The van der Waals surface area contributed by atoms with Crippen molar-refractivity contribution in [2.45, 2.75) is 60.2 Å². The van der Waals surface area contributed by atoms with Crippen molar-refractivity contribution in [1.29, 1.82) is 0 Å². The Morgan fingerprint density at radius 2 is 1.72 bits per heavy atom. The van der Waals surface area contributed by atoms with Gasteiger partial charge >= 0.3 is 0 Å². The van der Waals surface area contributed by atoms with Crippen LogP contribution < -0.4 is 0 Å². The van der Waals surface area contributed by atoms with Crippen molar-refractivity contribution in [3.63, 3.8) is 0 Å².